The summed E-state index contributed by atoms with van der Waals surface area (Å²) in [4.78, 5) is 81.4. The van der Waals surface area contributed by atoms with Gasteiger partial charge in [-0.25, -0.2) is 63.0 Å². The number of aliphatic carboxylic acids is 1. The van der Waals surface area contributed by atoms with Crippen molar-refractivity contribution in [1.29, 1.82) is 5.26 Å². The van der Waals surface area contributed by atoms with Crippen LogP contribution in [-0.2, 0) is 9.59 Å². The molecule has 31 nitrogen and oxygen atoms in total. The lowest BCUT2D eigenvalue weighted by molar-refractivity contribution is -0.137. The number of nitrogens with zero attached hydrogens (tertiary/aromatic N) is 25. The van der Waals surface area contributed by atoms with E-state index in [4.69, 9.17) is 143 Å². The molecule has 0 bridgehead atoms. The lowest BCUT2D eigenvalue weighted by Gasteiger charge is -2.44. The average Bonchev–Trinajstić information content (AvgIpc) is 1.65. The van der Waals surface area contributed by atoms with Crippen molar-refractivity contribution >= 4 is 161 Å². The summed E-state index contributed by atoms with van der Waals surface area (Å²) < 4.78 is 22.0. The number of aromatic nitrogens is 16. The maximum atomic E-state index is 14.7. The Morgan fingerprint density at radius 1 is 0.422 bits per heavy atom. The zero-order valence-corrected chi connectivity index (χ0v) is 91.5. The number of halogens is 8. The van der Waals surface area contributed by atoms with Gasteiger partial charge in [0, 0.05) is 154 Å². The number of carboxylic acids is 1. The molecule has 0 saturated carbocycles. The second kappa shape index (κ2) is 48.0. The zero-order chi connectivity index (χ0) is 104. The van der Waals surface area contributed by atoms with Crippen molar-refractivity contribution in [2.75, 3.05) is 105 Å². The van der Waals surface area contributed by atoms with Crippen molar-refractivity contribution in [3.8, 4) is 6.07 Å². The topological polar surface area (TPSA) is 351 Å². The van der Waals surface area contributed by atoms with E-state index in [9.17, 15) is 24.3 Å². The van der Waals surface area contributed by atoms with E-state index in [0.717, 1.165) is 228 Å². The first-order valence-electron chi connectivity index (χ1n) is 52.6. The van der Waals surface area contributed by atoms with Gasteiger partial charge >= 0.3 is 5.97 Å². The largest absolute Gasteiger partial charge is 0.481 e. The van der Waals surface area contributed by atoms with Crippen LogP contribution in [0.15, 0.2) is 97.6 Å². The van der Waals surface area contributed by atoms with Crippen molar-refractivity contribution in [2.45, 2.75) is 284 Å². The van der Waals surface area contributed by atoms with Crippen LogP contribution in [-0.4, -0.2) is 260 Å². The number of aliphatic hydroxyl groups excluding tert-OH is 1. The molecule has 8 fully saturated rings. The summed E-state index contributed by atoms with van der Waals surface area (Å²) in [6, 6.07) is 26.7. The van der Waals surface area contributed by atoms with Gasteiger partial charge in [-0.3, -0.25) is 29.2 Å². The molecule has 6 N–H and O–H groups in total. The second-order valence-corrected chi connectivity index (χ2v) is 45.1. The number of carbonyl (C=O) groups excluding carboxylic acids is 1. The number of fused-ring (bicyclic) bond motifs is 4. The Morgan fingerprint density at radius 3 is 1.03 bits per heavy atom. The number of piperidine rings is 4. The maximum Gasteiger partial charge on any atom is 0.303 e. The van der Waals surface area contributed by atoms with E-state index < -0.39 is 5.97 Å². The van der Waals surface area contributed by atoms with Crippen molar-refractivity contribution < 1.29 is 24.2 Å². The summed E-state index contributed by atoms with van der Waals surface area (Å²) in [5.41, 5.74) is 22.9. The summed E-state index contributed by atoms with van der Waals surface area (Å²) in [6.45, 7) is 37.6. The van der Waals surface area contributed by atoms with Crippen LogP contribution in [0.4, 0.5) is 27.7 Å². The molecular weight excluding hydrogens is 2010 g/mol. The first-order valence-corrected chi connectivity index (χ1v) is 55.2. The minimum Gasteiger partial charge on any atom is -0.481 e. The Balaban J connectivity index is 0.000000134. The van der Waals surface area contributed by atoms with Gasteiger partial charge in [-0.15, -0.1) is 0 Å². The number of anilines is 4. The van der Waals surface area contributed by atoms with Crippen molar-refractivity contribution in [2.24, 2.45) is 35.1 Å². The highest BCUT2D eigenvalue weighted by Crippen LogP contribution is 2.43. The third kappa shape index (κ3) is 24.3. The summed E-state index contributed by atoms with van der Waals surface area (Å²) in [5, 5.41) is 51.3. The summed E-state index contributed by atoms with van der Waals surface area (Å²) >= 11 is 43.8. The van der Waals surface area contributed by atoms with E-state index in [0.29, 0.717) is 141 Å². The van der Waals surface area contributed by atoms with Crippen molar-refractivity contribution in [3.05, 3.63) is 184 Å². The van der Waals surface area contributed by atoms with Crippen LogP contribution in [0, 0.1) is 61.6 Å². The van der Waals surface area contributed by atoms with Crippen molar-refractivity contribution in [3.63, 3.8) is 0 Å². The molecule has 39 heteroatoms. The third-order valence-corrected chi connectivity index (χ3v) is 34.2. The lowest BCUT2D eigenvalue weighted by atomic mass is 9.91. The SMILES string of the molecule is CC1CN(c2cnc3c(C#N)nn(C(C)c4ccc(Cl)cc4Cl)c3n2)CCC1N1CCCC1CCC(N)=O.Cc1nn(C(C)c2ccc(Cl)cc2Cl)c2nc(N3CCC(N4CCCC4CCC(C)O)C(C)C3)cnc12.Cc1nn(C(C)c2ccc(Cl)cc2Cl)c2nc(N3CCC(N4CCCC4CCN)C(C)C3)cnc12.Cc1nn(C(C)c2ccc(Cl)cc2F)c2nc(N3CCC(N4CCCC4CCC(=O)O)C(C)C3)cnc12. The first-order chi connectivity index (χ1) is 70.6. The monoisotopic (exact) mass is 2140 g/mol. The fraction of sp³-hybridized carbons (Fsp3) is 0.565. The van der Waals surface area contributed by atoms with Crippen LogP contribution in [0.25, 0.3) is 44.7 Å². The quantitative estimate of drug-likeness (QED) is 0.0371. The fourth-order valence-corrected chi connectivity index (χ4v) is 26.5. The fourth-order valence-electron chi connectivity index (χ4n) is 24.7. The molecule has 17 unspecified atom stereocenters. The molecule has 0 radical (unpaired) electrons. The van der Waals surface area contributed by atoms with E-state index >= 15 is 0 Å². The molecular formula is C108H139Cl7FN27O4. The molecule has 16 heterocycles. The van der Waals surface area contributed by atoms with Gasteiger partial charge in [0.05, 0.1) is 72.1 Å². The Hall–Kier alpha value is -9.57. The van der Waals surface area contributed by atoms with Gasteiger partial charge in [0.1, 0.15) is 57.2 Å². The Morgan fingerprint density at radius 2 is 0.721 bits per heavy atom. The number of likely N-dealkylation sites (tertiary alicyclic amines) is 4. The molecule has 0 spiro atoms. The Bertz CT molecular complexity index is 6700. The van der Waals surface area contributed by atoms with Gasteiger partial charge in [0.15, 0.2) is 28.3 Å². The number of rotatable bonds is 27. The lowest BCUT2D eigenvalue weighted by Crippen LogP contribution is -2.52. The van der Waals surface area contributed by atoms with Crippen LogP contribution in [0.2, 0.25) is 35.2 Å². The number of nitriles is 1. The average molecular weight is 2150 g/mol. The minimum absolute atomic E-state index is 0.0974. The number of primary amides is 1. The Kier molecular flexibility index (Phi) is 35.4. The predicted octanol–water partition coefficient (Wildman–Crippen LogP) is 20.6. The molecule has 20 rings (SSSR count). The van der Waals surface area contributed by atoms with Crippen LogP contribution in [0.1, 0.15) is 254 Å². The number of benzene rings is 4. The summed E-state index contributed by atoms with van der Waals surface area (Å²) in [5.74, 6) is 3.98. The number of aliphatic hydroxyl groups is 1. The highest BCUT2D eigenvalue weighted by Gasteiger charge is 2.44. The highest BCUT2D eigenvalue weighted by atomic mass is 35.5. The molecule has 12 aromatic rings. The van der Waals surface area contributed by atoms with E-state index in [1.54, 1.807) is 52.0 Å². The Labute approximate surface area is 895 Å². The number of hydrogen-bond donors (Lipinski definition) is 4. The number of carbonyl (C=O) groups is 2. The predicted molar refractivity (Wildman–Crippen MR) is 584 cm³/mol. The molecule has 8 aliphatic rings. The molecule has 8 saturated heterocycles. The summed E-state index contributed by atoms with van der Waals surface area (Å²) in [6.07, 6.45) is 26.3. The molecule has 1 amide bonds. The molecule has 17 atom stereocenters. The van der Waals surface area contributed by atoms with E-state index in [2.05, 4.69) is 102 Å². The van der Waals surface area contributed by atoms with Crippen LogP contribution in [0.5, 0.6) is 0 Å². The van der Waals surface area contributed by atoms with E-state index in [1.165, 1.54) is 51.3 Å². The maximum absolute atomic E-state index is 14.7. The molecule has 786 valence electrons. The van der Waals surface area contributed by atoms with E-state index in [-0.39, 0.29) is 54.1 Å². The van der Waals surface area contributed by atoms with Gasteiger partial charge in [-0.05, 0) is 286 Å². The normalized spacial score (nSPS) is 23.9. The molecule has 147 heavy (non-hydrogen) atoms. The molecule has 8 aliphatic heterocycles. The van der Waals surface area contributed by atoms with Crippen LogP contribution >= 0.6 is 81.2 Å². The first kappa shape index (κ1) is 109. The smallest absolute Gasteiger partial charge is 0.303 e. The van der Waals surface area contributed by atoms with Crippen molar-refractivity contribution in [1.82, 2.24) is 98.6 Å². The van der Waals surface area contributed by atoms with Gasteiger partial charge < -0.3 is 41.3 Å². The van der Waals surface area contributed by atoms with Gasteiger partial charge in [-0.2, -0.15) is 25.7 Å². The second-order valence-electron chi connectivity index (χ2n) is 42.2. The molecule has 4 aromatic carbocycles. The number of aryl methyl sites for hydroxylation is 3. The van der Waals surface area contributed by atoms with Crippen LogP contribution < -0.4 is 31.1 Å². The molecule has 8 aromatic heterocycles. The van der Waals surface area contributed by atoms with Gasteiger partial charge in [0.25, 0.3) is 0 Å². The highest BCUT2D eigenvalue weighted by molar-refractivity contribution is 6.36. The molecule has 0 aliphatic carbocycles. The zero-order valence-electron chi connectivity index (χ0n) is 86.2. The van der Waals surface area contributed by atoms with E-state index in [1.807, 2.05) is 99.8 Å². The standard InChI is InChI=1S/C28H38Cl2N6O.C27H32Cl2N8O.C27H34ClFN6O2.C26H35Cl2N7/c1-17-16-34(13-11-25(17)35-12-5-6-22(35)9-7-18(2)37)26-15-31-27-19(3)33-36(28(27)32-26)20(4)23-10-8-21(29)14-24(23)30;1-16-15-35(11-9-23(16)36-10-3-4-19(36)6-8-24(31)38)25-14-32-26-22(13-30)34-37(27(26)33-25)17(2)20-7-5-18(28)12-21(20)29;1-16-15-33(12-10-23(16)34-11-4-5-20(34)7-9-25(36)37)24-14-30-26-17(2)32-35(27(26)31-24)18(3)21-8-6-19(28)13-22(21)29;1-16-15-33(12-9-23(16)34-11-4-5-20(34)8-10-29)24-14-30-25-17(2)32-35(26(25)31-24)18(3)21-7-6-19(27)13-22(21)28/h8,10,14-15,17-18,20,22,25,37H,5-7,9,11-13,16H2,1-4H3;5,7,12,14,16-17,19,23H,3-4,6,8-11,15H2,1-2H3,(H2,31,38);6,8,13-14,16,18,20,23H,4-5,7,9-12,15H2,1-3H3,(H,36,37);6-7,13-14,16,18,20,23H,4-5,8-12,15,29H2,1-3H3. The number of amides is 1. The number of hydrogen-bond acceptors (Lipinski definition) is 25. The minimum atomic E-state index is -0.716. The number of carboxylic acid groups (broad SMARTS) is 1. The third-order valence-electron chi connectivity index (χ3n) is 32.3. The van der Waals surface area contributed by atoms with Gasteiger partial charge in [0.2, 0.25) is 5.91 Å². The van der Waals surface area contributed by atoms with Crippen LogP contribution in [0.3, 0.4) is 0 Å². The summed E-state index contributed by atoms with van der Waals surface area (Å²) in [7, 11) is 0. The number of nitrogens with two attached hydrogens (primary N) is 2. The van der Waals surface area contributed by atoms with Gasteiger partial charge in [-0.1, -0.05) is 133 Å².